The van der Waals surface area contributed by atoms with E-state index in [4.69, 9.17) is 23.2 Å². The topological polar surface area (TPSA) is 12.0 Å². The van der Waals surface area contributed by atoms with Crippen molar-refractivity contribution in [2.24, 2.45) is 0 Å². The van der Waals surface area contributed by atoms with Gasteiger partial charge in [-0.05, 0) is 31.5 Å². The van der Waals surface area contributed by atoms with Crippen LogP contribution in [0.3, 0.4) is 0 Å². The Morgan fingerprint density at radius 2 is 1.94 bits per heavy atom. The first-order valence-electron chi connectivity index (χ1n) is 6.48. The van der Waals surface area contributed by atoms with Crippen LogP contribution in [0.2, 0.25) is 10.0 Å². The van der Waals surface area contributed by atoms with Crippen LogP contribution in [-0.2, 0) is 0 Å². The molecule has 0 amide bonds. The molecule has 0 aromatic heterocycles. The summed E-state index contributed by atoms with van der Waals surface area (Å²) in [7, 11) is 0. The lowest BCUT2D eigenvalue weighted by Gasteiger charge is -2.20. The van der Waals surface area contributed by atoms with Crippen LogP contribution in [0.5, 0.6) is 0 Å². The average Bonchev–Trinajstić information content (AvgIpc) is 2.34. The molecule has 1 nitrogen and oxygen atoms in total. The minimum Gasteiger partial charge on any atom is -0.310 e. The van der Waals surface area contributed by atoms with E-state index in [1.54, 1.807) is 0 Å². The van der Waals surface area contributed by atoms with Gasteiger partial charge >= 0.3 is 0 Å². The number of halogens is 2. The zero-order valence-corrected chi connectivity index (χ0v) is 12.4. The zero-order chi connectivity index (χ0) is 13.4. The average molecular weight is 286 g/mol. The first kappa shape index (κ1) is 15.6. The summed E-state index contributed by atoms with van der Waals surface area (Å²) in [6, 6.07) is 5.79. The number of nitrogens with one attached hydrogen (secondary N) is 1. The molecule has 0 bridgehead atoms. The zero-order valence-electron chi connectivity index (χ0n) is 10.9. The summed E-state index contributed by atoms with van der Waals surface area (Å²) in [5.41, 5.74) is 0.984. The molecule has 0 aliphatic heterocycles. The summed E-state index contributed by atoms with van der Waals surface area (Å²) in [5, 5.41) is 4.95. The van der Waals surface area contributed by atoms with Crippen molar-refractivity contribution in [2.45, 2.75) is 38.6 Å². The maximum absolute atomic E-state index is 6.24. The van der Waals surface area contributed by atoms with Gasteiger partial charge in [0.25, 0.3) is 0 Å². The fraction of sp³-hybridized carbons (Fsp3) is 0.467. The van der Waals surface area contributed by atoms with Crippen LogP contribution in [0.4, 0.5) is 0 Å². The second-order valence-electron chi connectivity index (χ2n) is 4.37. The highest BCUT2D eigenvalue weighted by Gasteiger charge is 2.15. The highest BCUT2D eigenvalue weighted by atomic mass is 35.5. The molecule has 1 atom stereocenters. The van der Waals surface area contributed by atoms with Crippen LogP contribution in [0.1, 0.15) is 44.2 Å². The molecule has 18 heavy (non-hydrogen) atoms. The highest BCUT2D eigenvalue weighted by molar-refractivity contribution is 6.36. The van der Waals surface area contributed by atoms with Gasteiger partial charge in [0.2, 0.25) is 0 Å². The molecule has 0 radical (unpaired) electrons. The summed E-state index contributed by atoms with van der Waals surface area (Å²) in [5.74, 6) is 0. The van der Waals surface area contributed by atoms with E-state index in [9.17, 15) is 0 Å². The van der Waals surface area contributed by atoms with Gasteiger partial charge in [0.15, 0.2) is 0 Å². The molecule has 1 aromatic carbocycles. The second kappa shape index (κ2) is 8.58. The Labute approximate surface area is 120 Å². The van der Waals surface area contributed by atoms with Gasteiger partial charge in [-0.3, -0.25) is 0 Å². The molecule has 0 spiro atoms. The molecule has 0 aliphatic carbocycles. The third-order valence-electron chi connectivity index (χ3n) is 2.92. The van der Waals surface area contributed by atoms with Gasteiger partial charge in [0, 0.05) is 21.7 Å². The number of benzene rings is 1. The van der Waals surface area contributed by atoms with E-state index in [0.29, 0.717) is 0 Å². The van der Waals surface area contributed by atoms with E-state index in [-0.39, 0.29) is 6.04 Å². The maximum atomic E-state index is 6.24. The molecule has 0 fully saturated rings. The van der Waals surface area contributed by atoms with E-state index < -0.39 is 0 Å². The molecule has 1 rings (SSSR count). The van der Waals surface area contributed by atoms with Crippen molar-refractivity contribution in [2.75, 3.05) is 6.54 Å². The van der Waals surface area contributed by atoms with E-state index in [1.807, 2.05) is 24.3 Å². The minimum absolute atomic E-state index is 0.153. The quantitative estimate of drug-likeness (QED) is 0.499. The summed E-state index contributed by atoms with van der Waals surface area (Å²) in [6.07, 6.45) is 6.36. The molecule has 1 aromatic rings. The van der Waals surface area contributed by atoms with Crippen LogP contribution in [0.15, 0.2) is 30.9 Å². The Morgan fingerprint density at radius 3 is 2.50 bits per heavy atom. The Balaban J connectivity index is 2.74. The third kappa shape index (κ3) is 4.64. The standard InChI is InChI=1S/C15H21Cl2N/c1-3-5-6-11-18-14(8-4-2)15-12(16)9-7-10-13(15)17/h4,7,9-10,14,18H,2-3,5-6,8,11H2,1H3. The first-order valence-corrected chi connectivity index (χ1v) is 7.24. The lowest BCUT2D eigenvalue weighted by Crippen LogP contribution is -2.22. The Bertz CT molecular complexity index is 357. The van der Waals surface area contributed by atoms with Gasteiger partial charge in [-0.25, -0.2) is 0 Å². The fourth-order valence-corrected chi connectivity index (χ4v) is 2.63. The Hall–Kier alpha value is -0.500. The summed E-state index contributed by atoms with van der Waals surface area (Å²) in [6.45, 7) is 6.98. The molecule has 3 heteroatoms. The van der Waals surface area contributed by atoms with E-state index >= 15 is 0 Å². The SMILES string of the molecule is C=CCC(NCCCCC)c1c(Cl)cccc1Cl. The minimum atomic E-state index is 0.153. The van der Waals surface area contributed by atoms with Crippen molar-refractivity contribution in [3.8, 4) is 0 Å². The first-order chi connectivity index (χ1) is 8.70. The molecule has 0 saturated heterocycles. The summed E-state index contributed by atoms with van der Waals surface area (Å²) >= 11 is 12.5. The smallest absolute Gasteiger partial charge is 0.0468 e. The van der Waals surface area contributed by atoms with Crippen LogP contribution in [0, 0.1) is 0 Å². The molecule has 0 saturated carbocycles. The lowest BCUT2D eigenvalue weighted by atomic mass is 10.0. The van der Waals surface area contributed by atoms with Crippen LogP contribution in [-0.4, -0.2) is 6.54 Å². The third-order valence-corrected chi connectivity index (χ3v) is 3.58. The summed E-state index contributed by atoms with van der Waals surface area (Å²) < 4.78 is 0. The lowest BCUT2D eigenvalue weighted by molar-refractivity contribution is 0.517. The highest BCUT2D eigenvalue weighted by Crippen LogP contribution is 2.32. The van der Waals surface area contributed by atoms with Gasteiger partial charge < -0.3 is 5.32 Å². The van der Waals surface area contributed by atoms with Crippen LogP contribution in [0.25, 0.3) is 0 Å². The van der Waals surface area contributed by atoms with Gasteiger partial charge in [0.1, 0.15) is 0 Å². The van der Waals surface area contributed by atoms with Crippen LogP contribution < -0.4 is 5.32 Å². The Kier molecular flexibility index (Phi) is 7.41. The number of unbranched alkanes of at least 4 members (excludes halogenated alkanes) is 2. The maximum Gasteiger partial charge on any atom is 0.0468 e. The predicted octanol–water partition coefficient (Wildman–Crippen LogP) is 5.39. The number of rotatable bonds is 8. The molecule has 1 unspecified atom stereocenters. The van der Waals surface area contributed by atoms with Crippen molar-refractivity contribution >= 4 is 23.2 Å². The van der Waals surface area contributed by atoms with Crippen molar-refractivity contribution in [1.82, 2.24) is 5.32 Å². The van der Waals surface area contributed by atoms with Gasteiger partial charge in [-0.15, -0.1) is 6.58 Å². The van der Waals surface area contributed by atoms with Crippen molar-refractivity contribution in [3.05, 3.63) is 46.5 Å². The van der Waals surface area contributed by atoms with E-state index in [1.165, 1.54) is 19.3 Å². The molecule has 0 heterocycles. The Morgan fingerprint density at radius 1 is 1.28 bits per heavy atom. The monoisotopic (exact) mass is 285 g/mol. The molecular formula is C15H21Cl2N. The second-order valence-corrected chi connectivity index (χ2v) is 5.19. The molecule has 100 valence electrons. The molecule has 1 N–H and O–H groups in total. The largest absolute Gasteiger partial charge is 0.310 e. The summed E-state index contributed by atoms with van der Waals surface area (Å²) in [4.78, 5) is 0. The van der Waals surface area contributed by atoms with Crippen molar-refractivity contribution in [1.29, 1.82) is 0 Å². The molecule has 0 aliphatic rings. The van der Waals surface area contributed by atoms with E-state index in [2.05, 4.69) is 18.8 Å². The van der Waals surface area contributed by atoms with Gasteiger partial charge in [-0.2, -0.15) is 0 Å². The predicted molar refractivity (Wildman–Crippen MR) is 81.5 cm³/mol. The van der Waals surface area contributed by atoms with Gasteiger partial charge in [0.05, 0.1) is 0 Å². The fourth-order valence-electron chi connectivity index (χ4n) is 1.96. The molecular weight excluding hydrogens is 265 g/mol. The van der Waals surface area contributed by atoms with E-state index in [0.717, 1.165) is 28.6 Å². The van der Waals surface area contributed by atoms with Crippen LogP contribution >= 0.6 is 23.2 Å². The number of hydrogen-bond acceptors (Lipinski definition) is 1. The van der Waals surface area contributed by atoms with Crippen molar-refractivity contribution < 1.29 is 0 Å². The number of hydrogen-bond donors (Lipinski definition) is 1. The van der Waals surface area contributed by atoms with Crippen molar-refractivity contribution in [3.63, 3.8) is 0 Å². The normalized spacial score (nSPS) is 12.4. The van der Waals surface area contributed by atoms with Gasteiger partial charge in [-0.1, -0.05) is 55.1 Å².